The minimum Gasteiger partial charge on any atom is -0.507 e. The number of likely N-dealkylation sites (tertiary alicyclic amines) is 1. The number of aliphatic hydroxyl groups excluding tert-OH is 1. The van der Waals surface area contributed by atoms with E-state index in [0.717, 1.165) is 42.7 Å². The Hall–Kier alpha value is -3.16. The molecule has 34 heavy (non-hydrogen) atoms. The van der Waals surface area contributed by atoms with Crippen molar-refractivity contribution in [3.8, 4) is 5.75 Å². The van der Waals surface area contributed by atoms with Gasteiger partial charge < -0.3 is 19.5 Å². The van der Waals surface area contributed by atoms with Gasteiger partial charge in [0.2, 0.25) is 0 Å². The highest BCUT2D eigenvalue weighted by molar-refractivity contribution is 6.46. The zero-order valence-corrected chi connectivity index (χ0v) is 20.0. The molecule has 2 fully saturated rings. The van der Waals surface area contributed by atoms with Crippen molar-refractivity contribution in [2.75, 3.05) is 46.5 Å². The Kier molecular flexibility index (Phi) is 7.34. The molecule has 0 aromatic heterocycles. The number of amides is 1. The molecule has 2 aromatic carbocycles. The average molecular weight is 465 g/mol. The van der Waals surface area contributed by atoms with Crippen molar-refractivity contribution in [3.63, 3.8) is 0 Å². The Morgan fingerprint density at radius 2 is 1.76 bits per heavy atom. The first-order valence-corrected chi connectivity index (χ1v) is 11.7. The minimum atomic E-state index is -0.657. The Bertz CT molecular complexity index is 1090. The van der Waals surface area contributed by atoms with E-state index >= 15 is 0 Å². The maximum absolute atomic E-state index is 13.2. The third-order valence-electron chi connectivity index (χ3n) is 6.60. The molecule has 1 amide bonds. The molecule has 1 atom stereocenters. The molecule has 2 aliphatic rings. The van der Waals surface area contributed by atoms with Crippen LogP contribution < -0.4 is 4.74 Å². The largest absolute Gasteiger partial charge is 0.507 e. The number of aryl methyl sites for hydroxylation is 2. The monoisotopic (exact) mass is 464 g/mol. The maximum Gasteiger partial charge on any atom is 0.295 e. The third-order valence-corrected chi connectivity index (χ3v) is 6.60. The molecule has 2 aromatic rings. The van der Waals surface area contributed by atoms with E-state index in [9.17, 15) is 14.7 Å². The van der Waals surface area contributed by atoms with Crippen LogP contribution in [0.1, 0.15) is 34.7 Å². The highest BCUT2D eigenvalue weighted by atomic mass is 16.5. The van der Waals surface area contributed by atoms with E-state index in [4.69, 9.17) is 9.47 Å². The number of benzene rings is 2. The fourth-order valence-electron chi connectivity index (χ4n) is 4.67. The highest BCUT2D eigenvalue weighted by Gasteiger charge is 2.46. The van der Waals surface area contributed by atoms with Crippen molar-refractivity contribution >= 4 is 17.4 Å². The van der Waals surface area contributed by atoms with Gasteiger partial charge in [-0.25, -0.2) is 0 Å². The number of morpholine rings is 1. The number of ether oxygens (including phenoxy) is 2. The molecule has 0 bridgehead atoms. The smallest absolute Gasteiger partial charge is 0.295 e. The van der Waals surface area contributed by atoms with Crippen LogP contribution in [0.5, 0.6) is 5.75 Å². The second kappa shape index (κ2) is 10.4. The number of methoxy groups -OCH3 is 1. The minimum absolute atomic E-state index is 0.129. The van der Waals surface area contributed by atoms with Crippen molar-refractivity contribution < 1.29 is 24.2 Å². The van der Waals surface area contributed by atoms with E-state index in [1.807, 2.05) is 44.2 Å². The Morgan fingerprint density at radius 3 is 2.44 bits per heavy atom. The number of rotatable bonds is 7. The summed E-state index contributed by atoms with van der Waals surface area (Å²) in [6, 6.07) is 12.4. The fourth-order valence-corrected chi connectivity index (χ4v) is 4.67. The maximum atomic E-state index is 13.2. The van der Waals surface area contributed by atoms with Gasteiger partial charge in [0.25, 0.3) is 11.7 Å². The third kappa shape index (κ3) is 4.86. The number of hydrogen-bond acceptors (Lipinski definition) is 6. The second-order valence-electron chi connectivity index (χ2n) is 8.89. The topological polar surface area (TPSA) is 79.3 Å². The Morgan fingerprint density at radius 1 is 1.06 bits per heavy atom. The summed E-state index contributed by atoms with van der Waals surface area (Å²) in [6.45, 7) is 8.22. The van der Waals surface area contributed by atoms with Gasteiger partial charge in [-0.2, -0.15) is 0 Å². The summed E-state index contributed by atoms with van der Waals surface area (Å²) in [5.41, 5.74) is 3.28. The lowest BCUT2D eigenvalue weighted by Crippen LogP contribution is -2.38. The number of hydrogen-bond donors (Lipinski definition) is 1. The molecular weight excluding hydrogens is 432 g/mol. The molecule has 7 heteroatoms. The van der Waals surface area contributed by atoms with Gasteiger partial charge in [-0.15, -0.1) is 0 Å². The number of ketones is 1. The molecular formula is C27H32N2O5. The van der Waals surface area contributed by atoms with Gasteiger partial charge in [0, 0.05) is 31.7 Å². The molecule has 4 rings (SSSR count). The van der Waals surface area contributed by atoms with Gasteiger partial charge in [0.15, 0.2) is 0 Å². The summed E-state index contributed by atoms with van der Waals surface area (Å²) >= 11 is 0. The fraction of sp³-hybridized carbons (Fsp3) is 0.407. The predicted octanol–water partition coefficient (Wildman–Crippen LogP) is 3.46. The molecule has 0 aliphatic carbocycles. The molecule has 2 heterocycles. The lowest BCUT2D eigenvalue weighted by Gasteiger charge is -2.29. The van der Waals surface area contributed by atoms with Crippen LogP contribution in [0.4, 0.5) is 0 Å². The number of carbonyl (C=O) groups is 2. The van der Waals surface area contributed by atoms with Gasteiger partial charge in [-0.3, -0.25) is 14.5 Å². The van der Waals surface area contributed by atoms with Gasteiger partial charge in [-0.05, 0) is 49.6 Å². The number of nitrogens with zero attached hydrogens (tertiary/aromatic N) is 2. The Labute approximate surface area is 200 Å². The van der Waals surface area contributed by atoms with Crippen molar-refractivity contribution in [1.82, 2.24) is 9.80 Å². The van der Waals surface area contributed by atoms with Crippen LogP contribution in [0.3, 0.4) is 0 Å². The summed E-state index contributed by atoms with van der Waals surface area (Å²) in [5, 5.41) is 11.3. The lowest BCUT2D eigenvalue weighted by molar-refractivity contribution is -0.140. The van der Waals surface area contributed by atoms with Crippen LogP contribution in [0.2, 0.25) is 0 Å². The van der Waals surface area contributed by atoms with Crippen molar-refractivity contribution in [1.29, 1.82) is 0 Å². The molecule has 180 valence electrons. The molecule has 7 nitrogen and oxygen atoms in total. The van der Waals surface area contributed by atoms with Crippen LogP contribution in [-0.2, 0) is 14.3 Å². The van der Waals surface area contributed by atoms with E-state index in [0.29, 0.717) is 31.1 Å². The Balaban J connectivity index is 1.70. The van der Waals surface area contributed by atoms with Crippen LogP contribution in [-0.4, -0.2) is 73.1 Å². The van der Waals surface area contributed by atoms with Crippen molar-refractivity contribution in [2.45, 2.75) is 26.3 Å². The van der Waals surface area contributed by atoms with Gasteiger partial charge in [0.05, 0.1) is 31.9 Å². The van der Waals surface area contributed by atoms with E-state index in [-0.39, 0.29) is 11.3 Å². The summed E-state index contributed by atoms with van der Waals surface area (Å²) in [7, 11) is 1.59. The molecule has 1 unspecified atom stereocenters. The van der Waals surface area contributed by atoms with Gasteiger partial charge in [-0.1, -0.05) is 29.8 Å². The zero-order chi connectivity index (χ0) is 24.2. The van der Waals surface area contributed by atoms with Gasteiger partial charge >= 0.3 is 0 Å². The standard InChI is InChI=1S/C27H32N2O5/c1-18-5-6-19(2)22(17-18)25(30)23-24(20-7-9-21(33-3)10-8-20)29(27(32)26(23)31)12-4-11-28-13-15-34-16-14-28/h5-10,17,24,30H,4,11-16H2,1-3H3/b25-23+. The first kappa shape index (κ1) is 24.0. The second-order valence-corrected chi connectivity index (χ2v) is 8.89. The lowest BCUT2D eigenvalue weighted by atomic mass is 9.93. The van der Waals surface area contributed by atoms with Gasteiger partial charge in [0.1, 0.15) is 11.5 Å². The quantitative estimate of drug-likeness (QED) is 0.384. The van der Waals surface area contributed by atoms with E-state index in [1.54, 1.807) is 24.1 Å². The summed E-state index contributed by atoms with van der Waals surface area (Å²) < 4.78 is 10.7. The molecule has 0 saturated carbocycles. The zero-order valence-electron chi connectivity index (χ0n) is 20.0. The first-order chi connectivity index (χ1) is 16.4. The number of aliphatic hydroxyl groups is 1. The van der Waals surface area contributed by atoms with Crippen molar-refractivity contribution in [3.05, 3.63) is 70.3 Å². The molecule has 0 radical (unpaired) electrons. The summed E-state index contributed by atoms with van der Waals surface area (Å²) in [6.07, 6.45) is 0.725. The number of Topliss-reactive ketones (excluding diaryl/α,β-unsaturated/α-hetero) is 1. The SMILES string of the molecule is COc1ccc(C2/C(=C(\O)c3cc(C)ccc3C)C(=O)C(=O)N2CCCN2CCOCC2)cc1. The van der Waals surface area contributed by atoms with Crippen LogP contribution >= 0.6 is 0 Å². The van der Waals surface area contributed by atoms with Crippen LogP contribution in [0.25, 0.3) is 5.76 Å². The summed E-state index contributed by atoms with van der Waals surface area (Å²) in [5.74, 6) is -0.668. The summed E-state index contributed by atoms with van der Waals surface area (Å²) in [4.78, 5) is 30.3. The van der Waals surface area contributed by atoms with Crippen LogP contribution in [0, 0.1) is 13.8 Å². The van der Waals surface area contributed by atoms with E-state index in [1.165, 1.54) is 0 Å². The molecule has 0 spiro atoms. The van der Waals surface area contributed by atoms with E-state index in [2.05, 4.69) is 4.90 Å². The average Bonchev–Trinajstić information content (AvgIpc) is 3.11. The molecule has 1 N–H and O–H groups in total. The number of carbonyl (C=O) groups excluding carboxylic acids is 2. The highest BCUT2D eigenvalue weighted by Crippen LogP contribution is 2.40. The first-order valence-electron chi connectivity index (χ1n) is 11.7. The normalized spacial score (nSPS) is 20.7. The molecule has 2 aliphatic heterocycles. The predicted molar refractivity (Wildman–Crippen MR) is 130 cm³/mol. The van der Waals surface area contributed by atoms with Crippen molar-refractivity contribution in [2.24, 2.45) is 0 Å². The van der Waals surface area contributed by atoms with Crippen LogP contribution in [0.15, 0.2) is 48.0 Å². The molecule has 2 saturated heterocycles. The van der Waals surface area contributed by atoms with E-state index < -0.39 is 17.7 Å².